The third kappa shape index (κ3) is 4.66. The molecule has 1 unspecified atom stereocenters. The summed E-state index contributed by atoms with van der Waals surface area (Å²) in [5.41, 5.74) is -0.333. The lowest BCUT2D eigenvalue weighted by atomic mass is 9.79. The number of nitrogens with one attached hydrogen (secondary N) is 1. The van der Waals surface area contributed by atoms with E-state index in [-0.39, 0.29) is 23.6 Å². The zero-order valence-corrected chi connectivity index (χ0v) is 17.5. The first-order valence-corrected chi connectivity index (χ1v) is 10.7. The molecule has 0 spiro atoms. The number of hydrogen-bond donors (Lipinski definition) is 1. The zero-order valence-electron chi connectivity index (χ0n) is 17.5. The van der Waals surface area contributed by atoms with E-state index in [1.165, 1.54) is 6.07 Å². The van der Waals surface area contributed by atoms with Crippen LogP contribution in [-0.2, 0) is 19.1 Å². The van der Waals surface area contributed by atoms with Gasteiger partial charge in [-0.3, -0.25) is 9.69 Å². The van der Waals surface area contributed by atoms with Gasteiger partial charge in [0, 0.05) is 56.8 Å². The van der Waals surface area contributed by atoms with Crippen LogP contribution in [0.25, 0.3) is 0 Å². The molecule has 0 saturated carbocycles. The van der Waals surface area contributed by atoms with E-state index in [0.29, 0.717) is 31.0 Å². The Hall–Kier alpha value is -2.03. The van der Waals surface area contributed by atoms with Gasteiger partial charge in [0.15, 0.2) is 0 Å². The van der Waals surface area contributed by atoms with E-state index in [9.17, 15) is 9.18 Å². The van der Waals surface area contributed by atoms with E-state index in [1.807, 2.05) is 0 Å². The summed E-state index contributed by atoms with van der Waals surface area (Å²) in [4.78, 5) is 21.0. The standard InChI is InChI=1S/C22H30FN3O4/c1-21(14-19(25-30-21)17-4-2-3-5-18(17)23)20(27)24-15-22(6-10-28-11-7-22)16-26-8-12-29-13-9-26/h2-5H,6-16H2,1H3,(H,24,27). The van der Waals surface area contributed by atoms with Crippen molar-refractivity contribution in [2.75, 3.05) is 52.6 Å². The van der Waals surface area contributed by atoms with E-state index in [0.717, 1.165) is 45.7 Å². The number of oxime groups is 1. The average molecular weight is 419 g/mol. The maximum Gasteiger partial charge on any atom is 0.267 e. The van der Waals surface area contributed by atoms with Gasteiger partial charge in [0.2, 0.25) is 5.60 Å². The van der Waals surface area contributed by atoms with E-state index >= 15 is 0 Å². The number of benzene rings is 1. The zero-order chi connectivity index (χ0) is 21.0. The highest BCUT2D eigenvalue weighted by molar-refractivity contribution is 6.05. The number of hydrogen-bond acceptors (Lipinski definition) is 6. The predicted octanol–water partition coefficient (Wildman–Crippen LogP) is 1.95. The summed E-state index contributed by atoms with van der Waals surface area (Å²) >= 11 is 0. The lowest BCUT2D eigenvalue weighted by molar-refractivity contribution is -0.142. The van der Waals surface area contributed by atoms with Crippen LogP contribution in [0.2, 0.25) is 0 Å². The Bertz CT molecular complexity index is 790. The van der Waals surface area contributed by atoms with E-state index < -0.39 is 5.60 Å². The third-order valence-corrected chi connectivity index (χ3v) is 6.37. The first-order valence-electron chi connectivity index (χ1n) is 10.7. The molecule has 3 heterocycles. The Balaban J connectivity index is 1.38. The fraction of sp³-hybridized carbons (Fsp3) is 0.636. The molecule has 1 amide bonds. The quantitative estimate of drug-likeness (QED) is 0.763. The molecular formula is C22H30FN3O4. The molecule has 1 aromatic rings. The van der Waals surface area contributed by atoms with Crippen molar-refractivity contribution in [1.82, 2.24) is 10.2 Å². The average Bonchev–Trinajstić information content (AvgIpc) is 3.17. The number of rotatable bonds is 6. The molecule has 1 N–H and O–H groups in total. The highest BCUT2D eigenvalue weighted by Gasteiger charge is 2.44. The van der Waals surface area contributed by atoms with Crippen molar-refractivity contribution in [2.24, 2.45) is 10.6 Å². The Morgan fingerprint density at radius 1 is 1.17 bits per heavy atom. The number of nitrogens with zero attached hydrogens (tertiary/aromatic N) is 2. The number of carbonyl (C=O) groups is 1. The Morgan fingerprint density at radius 3 is 2.60 bits per heavy atom. The number of carbonyl (C=O) groups excluding carboxylic acids is 1. The highest BCUT2D eigenvalue weighted by Crippen LogP contribution is 2.33. The van der Waals surface area contributed by atoms with Gasteiger partial charge in [0.05, 0.1) is 18.9 Å². The molecule has 164 valence electrons. The fourth-order valence-electron chi connectivity index (χ4n) is 4.38. The van der Waals surface area contributed by atoms with Crippen LogP contribution in [0.15, 0.2) is 29.4 Å². The smallest absolute Gasteiger partial charge is 0.267 e. The lowest BCUT2D eigenvalue weighted by Gasteiger charge is -2.42. The van der Waals surface area contributed by atoms with Gasteiger partial charge in [0.1, 0.15) is 5.82 Å². The Kier molecular flexibility index (Phi) is 6.36. The van der Waals surface area contributed by atoms with Gasteiger partial charge >= 0.3 is 0 Å². The summed E-state index contributed by atoms with van der Waals surface area (Å²) < 4.78 is 25.1. The summed E-state index contributed by atoms with van der Waals surface area (Å²) in [5, 5.41) is 7.13. The normalized spacial score (nSPS) is 26.7. The lowest BCUT2D eigenvalue weighted by Crippen LogP contribution is -2.53. The van der Waals surface area contributed by atoms with E-state index in [1.54, 1.807) is 25.1 Å². The Morgan fingerprint density at radius 2 is 1.87 bits per heavy atom. The molecule has 3 aliphatic rings. The molecule has 4 rings (SSSR count). The number of morpholine rings is 1. The maximum absolute atomic E-state index is 14.1. The van der Waals surface area contributed by atoms with Crippen molar-refractivity contribution in [3.05, 3.63) is 35.6 Å². The molecule has 2 fully saturated rings. The van der Waals surface area contributed by atoms with Crippen molar-refractivity contribution >= 4 is 11.6 Å². The van der Waals surface area contributed by atoms with Crippen LogP contribution in [0, 0.1) is 11.2 Å². The highest BCUT2D eigenvalue weighted by atomic mass is 19.1. The van der Waals surface area contributed by atoms with Gasteiger partial charge < -0.3 is 19.6 Å². The number of amides is 1. The minimum absolute atomic E-state index is 0.0323. The topological polar surface area (TPSA) is 72.4 Å². The summed E-state index contributed by atoms with van der Waals surface area (Å²) in [6.45, 7) is 7.91. The number of halogens is 1. The second kappa shape index (κ2) is 8.99. The summed E-state index contributed by atoms with van der Waals surface area (Å²) in [7, 11) is 0. The first-order chi connectivity index (χ1) is 14.5. The summed E-state index contributed by atoms with van der Waals surface area (Å²) in [6, 6.07) is 6.41. The molecule has 8 heteroatoms. The third-order valence-electron chi connectivity index (χ3n) is 6.37. The van der Waals surface area contributed by atoms with Crippen LogP contribution in [0.4, 0.5) is 4.39 Å². The molecule has 2 saturated heterocycles. The molecular weight excluding hydrogens is 389 g/mol. The molecule has 0 radical (unpaired) electrons. The number of ether oxygens (including phenoxy) is 2. The molecule has 1 aromatic carbocycles. The second-order valence-electron chi connectivity index (χ2n) is 8.70. The van der Waals surface area contributed by atoms with Crippen LogP contribution in [0.1, 0.15) is 31.7 Å². The van der Waals surface area contributed by atoms with Crippen molar-refractivity contribution in [1.29, 1.82) is 0 Å². The van der Waals surface area contributed by atoms with Crippen molar-refractivity contribution in [2.45, 2.75) is 31.8 Å². The van der Waals surface area contributed by atoms with Gasteiger partial charge in [-0.05, 0) is 25.8 Å². The Labute approximate surface area is 176 Å². The minimum atomic E-state index is -1.14. The van der Waals surface area contributed by atoms with Gasteiger partial charge in [0.25, 0.3) is 5.91 Å². The molecule has 1 atom stereocenters. The van der Waals surface area contributed by atoms with Gasteiger partial charge in [-0.2, -0.15) is 0 Å². The molecule has 0 aliphatic carbocycles. The van der Waals surface area contributed by atoms with Crippen molar-refractivity contribution in [3.63, 3.8) is 0 Å². The molecule has 30 heavy (non-hydrogen) atoms. The first kappa shape index (κ1) is 21.2. The van der Waals surface area contributed by atoms with E-state index in [4.69, 9.17) is 14.3 Å². The van der Waals surface area contributed by atoms with Crippen LogP contribution >= 0.6 is 0 Å². The van der Waals surface area contributed by atoms with Crippen LogP contribution < -0.4 is 5.32 Å². The fourth-order valence-corrected chi connectivity index (χ4v) is 4.38. The second-order valence-corrected chi connectivity index (χ2v) is 8.70. The van der Waals surface area contributed by atoms with Crippen LogP contribution in [-0.4, -0.2) is 74.7 Å². The van der Waals surface area contributed by atoms with Gasteiger partial charge in [-0.25, -0.2) is 4.39 Å². The van der Waals surface area contributed by atoms with Crippen LogP contribution in [0.3, 0.4) is 0 Å². The summed E-state index contributed by atoms with van der Waals surface area (Å²) in [5.74, 6) is -0.582. The monoisotopic (exact) mass is 419 g/mol. The molecule has 7 nitrogen and oxygen atoms in total. The predicted molar refractivity (Wildman–Crippen MR) is 110 cm³/mol. The molecule has 0 bridgehead atoms. The maximum atomic E-state index is 14.1. The largest absolute Gasteiger partial charge is 0.381 e. The van der Waals surface area contributed by atoms with Gasteiger partial charge in [-0.1, -0.05) is 23.4 Å². The van der Waals surface area contributed by atoms with Crippen molar-refractivity contribution in [3.8, 4) is 0 Å². The molecule has 0 aromatic heterocycles. The summed E-state index contributed by atoms with van der Waals surface area (Å²) in [6.07, 6.45) is 2.04. The van der Waals surface area contributed by atoms with E-state index in [2.05, 4.69) is 15.4 Å². The SMILES string of the molecule is CC1(C(=O)NCC2(CN3CCOCC3)CCOCC2)CC(c2ccccc2F)=NO1. The van der Waals surface area contributed by atoms with Crippen molar-refractivity contribution < 1.29 is 23.5 Å². The molecule has 3 aliphatic heterocycles. The minimum Gasteiger partial charge on any atom is -0.381 e. The van der Waals surface area contributed by atoms with Gasteiger partial charge in [-0.15, -0.1) is 0 Å². The van der Waals surface area contributed by atoms with Crippen LogP contribution in [0.5, 0.6) is 0 Å².